The van der Waals surface area contributed by atoms with E-state index in [1.165, 1.54) is 11.1 Å². The summed E-state index contributed by atoms with van der Waals surface area (Å²) in [5, 5.41) is 0. The summed E-state index contributed by atoms with van der Waals surface area (Å²) in [5.41, 5.74) is 6.32. The minimum absolute atomic E-state index is 0.0814. The van der Waals surface area contributed by atoms with Gasteiger partial charge in [-0.3, -0.25) is 14.7 Å². The van der Waals surface area contributed by atoms with Crippen LogP contribution >= 0.6 is 0 Å². The highest BCUT2D eigenvalue weighted by Gasteiger charge is 2.31. The van der Waals surface area contributed by atoms with Gasteiger partial charge in [0.15, 0.2) is 0 Å². The summed E-state index contributed by atoms with van der Waals surface area (Å²) < 4.78 is 13.0. The molecule has 2 aliphatic heterocycles. The molecule has 0 N–H and O–H groups in total. The molecule has 0 atom stereocenters. The van der Waals surface area contributed by atoms with Gasteiger partial charge in [0.2, 0.25) is 5.91 Å². The number of carbonyl (C=O) groups excluding carboxylic acids is 1. The molecule has 5 heteroatoms. The zero-order valence-corrected chi connectivity index (χ0v) is 14.6. The predicted octanol–water partition coefficient (Wildman–Crippen LogP) is 2.91. The van der Waals surface area contributed by atoms with Crippen molar-refractivity contribution in [2.45, 2.75) is 26.4 Å². The number of alkyl halides is 1. The highest BCUT2D eigenvalue weighted by Crippen LogP contribution is 2.33. The molecule has 1 amide bonds. The van der Waals surface area contributed by atoms with Crippen LogP contribution in [0.15, 0.2) is 30.5 Å². The SMILES string of the molecule is Cc1ccc(C)c(-c2cnc3c(c2)N(CCN2CC(F)C2)C(=O)C3)c1. The minimum Gasteiger partial charge on any atom is -0.309 e. The van der Waals surface area contributed by atoms with E-state index in [2.05, 4.69) is 43.1 Å². The van der Waals surface area contributed by atoms with Gasteiger partial charge in [0, 0.05) is 37.9 Å². The second kappa shape index (κ2) is 6.23. The van der Waals surface area contributed by atoms with E-state index in [0.29, 0.717) is 32.6 Å². The second-order valence-corrected chi connectivity index (χ2v) is 7.09. The largest absolute Gasteiger partial charge is 0.309 e. The fraction of sp³-hybridized carbons (Fsp3) is 0.400. The van der Waals surface area contributed by atoms with Gasteiger partial charge >= 0.3 is 0 Å². The molecule has 2 aromatic rings. The van der Waals surface area contributed by atoms with Crippen LogP contribution in [0.4, 0.5) is 10.1 Å². The van der Waals surface area contributed by atoms with Crippen molar-refractivity contribution < 1.29 is 9.18 Å². The van der Waals surface area contributed by atoms with Crippen molar-refractivity contribution in [3.05, 3.63) is 47.3 Å². The lowest BCUT2D eigenvalue weighted by Gasteiger charge is -2.35. The van der Waals surface area contributed by atoms with Gasteiger partial charge in [0.25, 0.3) is 0 Å². The molecule has 130 valence electrons. The van der Waals surface area contributed by atoms with Gasteiger partial charge in [-0.05, 0) is 31.0 Å². The first-order valence-electron chi connectivity index (χ1n) is 8.74. The third-order valence-electron chi connectivity index (χ3n) is 5.11. The van der Waals surface area contributed by atoms with Gasteiger partial charge in [-0.1, -0.05) is 23.8 Å². The monoisotopic (exact) mass is 339 g/mol. The Morgan fingerprint density at radius 3 is 2.76 bits per heavy atom. The number of fused-ring (bicyclic) bond motifs is 1. The number of aryl methyl sites for hydroxylation is 2. The van der Waals surface area contributed by atoms with Crippen molar-refractivity contribution >= 4 is 11.6 Å². The zero-order valence-electron chi connectivity index (χ0n) is 14.6. The normalized spacial score (nSPS) is 17.7. The van der Waals surface area contributed by atoms with Gasteiger partial charge < -0.3 is 4.90 Å². The average molecular weight is 339 g/mol. The number of pyridine rings is 1. The lowest BCUT2D eigenvalue weighted by molar-refractivity contribution is -0.117. The van der Waals surface area contributed by atoms with Crippen molar-refractivity contribution in [3.8, 4) is 11.1 Å². The molecule has 0 spiro atoms. The maximum absolute atomic E-state index is 13.0. The number of likely N-dealkylation sites (tertiary alicyclic amines) is 1. The summed E-state index contributed by atoms with van der Waals surface area (Å²) in [6.07, 6.45) is 1.51. The number of hydrogen-bond acceptors (Lipinski definition) is 3. The fourth-order valence-corrected chi connectivity index (χ4v) is 3.59. The first-order chi connectivity index (χ1) is 12.0. The van der Waals surface area contributed by atoms with Gasteiger partial charge in [-0.25, -0.2) is 4.39 Å². The maximum Gasteiger partial charge on any atom is 0.233 e. The average Bonchev–Trinajstić information content (AvgIpc) is 2.87. The third-order valence-corrected chi connectivity index (χ3v) is 5.11. The quantitative estimate of drug-likeness (QED) is 0.859. The second-order valence-electron chi connectivity index (χ2n) is 7.09. The Morgan fingerprint density at radius 2 is 2.00 bits per heavy atom. The number of halogens is 1. The maximum atomic E-state index is 13.0. The summed E-state index contributed by atoms with van der Waals surface area (Å²) in [7, 11) is 0. The molecule has 3 heterocycles. The van der Waals surface area contributed by atoms with E-state index in [1.807, 2.05) is 16.0 Å². The first kappa shape index (κ1) is 16.2. The summed E-state index contributed by atoms with van der Waals surface area (Å²) in [4.78, 5) is 20.8. The molecular weight excluding hydrogens is 317 g/mol. The highest BCUT2D eigenvalue weighted by molar-refractivity contribution is 6.01. The van der Waals surface area contributed by atoms with E-state index in [-0.39, 0.29) is 5.91 Å². The van der Waals surface area contributed by atoms with Crippen molar-refractivity contribution in [2.75, 3.05) is 31.1 Å². The van der Waals surface area contributed by atoms with Crippen LogP contribution in [0.1, 0.15) is 16.8 Å². The van der Waals surface area contributed by atoms with Crippen LogP contribution in [0.5, 0.6) is 0 Å². The van der Waals surface area contributed by atoms with E-state index >= 15 is 0 Å². The molecule has 1 aromatic heterocycles. The molecule has 4 nitrogen and oxygen atoms in total. The van der Waals surface area contributed by atoms with Crippen LogP contribution in [0, 0.1) is 13.8 Å². The van der Waals surface area contributed by atoms with Gasteiger partial charge in [0.05, 0.1) is 17.8 Å². The molecule has 4 rings (SSSR count). The number of benzene rings is 1. The van der Waals surface area contributed by atoms with E-state index < -0.39 is 6.17 Å². The Kier molecular flexibility index (Phi) is 4.04. The number of rotatable bonds is 4. The Bertz CT molecular complexity index is 830. The van der Waals surface area contributed by atoms with E-state index in [0.717, 1.165) is 22.5 Å². The Balaban J connectivity index is 1.60. The molecule has 0 radical (unpaired) electrons. The number of aromatic nitrogens is 1. The van der Waals surface area contributed by atoms with Crippen molar-refractivity contribution in [1.82, 2.24) is 9.88 Å². The number of carbonyl (C=O) groups is 1. The Labute approximate surface area is 147 Å². The standard InChI is InChI=1S/C20H22FN3O/c1-13-3-4-14(2)17(7-13)15-8-19-18(22-10-15)9-20(25)24(19)6-5-23-11-16(21)12-23/h3-4,7-8,10,16H,5-6,9,11-12H2,1-2H3. The lowest BCUT2D eigenvalue weighted by Crippen LogP contribution is -2.51. The summed E-state index contributed by atoms with van der Waals surface area (Å²) >= 11 is 0. The molecule has 25 heavy (non-hydrogen) atoms. The molecule has 1 saturated heterocycles. The van der Waals surface area contributed by atoms with Crippen LogP contribution in [0.25, 0.3) is 11.1 Å². The van der Waals surface area contributed by atoms with E-state index in [4.69, 9.17) is 0 Å². The lowest BCUT2D eigenvalue weighted by atomic mass is 9.99. The fourth-order valence-electron chi connectivity index (χ4n) is 3.59. The molecule has 1 aromatic carbocycles. The molecule has 0 bridgehead atoms. The summed E-state index contributed by atoms with van der Waals surface area (Å²) in [5.74, 6) is 0.0814. The van der Waals surface area contributed by atoms with Crippen LogP contribution in [-0.4, -0.2) is 48.1 Å². The van der Waals surface area contributed by atoms with Crippen LogP contribution in [-0.2, 0) is 11.2 Å². The topological polar surface area (TPSA) is 36.4 Å². The van der Waals surface area contributed by atoms with E-state index in [9.17, 15) is 9.18 Å². The smallest absolute Gasteiger partial charge is 0.233 e. The molecule has 2 aliphatic rings. The molecule has 1 fully saturated rings. The number of anilines is 1. The van der Waals surface area contributed by atoms with Crippen molar-refractivity contribution in [2.24, 2.45) is 0 Å². The Morgan fingerprint density at radius 1 is 1.20 bits per heavy atom. The molecule has 0 aliphatic carbocycles. The first-order valence-corrected chi connectivity index (χ1v) is 8.74. The van der Waals surface area contributed by atoms with Crippen LogP contribution in [0.2, 0.25) is 0 Å². The number of hydrogen-bond donors (Lipinski definition) is 0. The molecular formula is C20H22FN3O. The number of nitrogens with zero attached hydrogens (tertiary/aromatic N) is 3. The minimum atomic E-state index is -0.709. The highest BCUT2D eigenvalue weighted by atomic mass is 19.1. The van der Waals surface area contributed by atoms with Gasteiger partial charge in [-0.2, -0.15) is 0 Å². The molecule has 0 unspecified atom stereocenters. The molecule has 0 saturated carbocycles. The van der Waals surface area contributed by atoms with E-state index in [1.54, 1.807) is 0 Å². The third kappa shape index (κ3) is 3.04. The summed E-state index contributed by atoms with van der Waals surface area (Å²) in [6.45, 7) is 6.42. The van der Waals surface area contributed by atoms with Crippen molar-refractivity contribution in [1.29, 1.82) is 0 Å². The zero-order chi connectivity index (χ0) is 17.6. The summed E-state index contributed by atoms with van der Waals surface area (Å²) in [6, 6.07) is 8.43. The van der Waals surface area contributed by atoms with Gasteiger partial charge in [0.1, 0.15) is 6.17 Å². The Hall–Kier alpha value is -2.27. The van der Waals surface area contributed by atoms with Gasteiger partial charge in [-0.15, -0.1) is 0 Å². The van der Waals surface area contributed by atoms with Crippen molar-refractivity contribution in [3.63, 3.8) is 0 Å². The predicted molar refractivity (Wildman–Crippen MR) is 96.5 cm³/mol. The number of amides is 1. The van der Waals surface area contributed by atoms with Crippen LogP contribution in [0.3, 0.4) is 0 Å². The van der Waals surface area contributed by atoms with Crippen LogP contribution < -0.4 is 4.90 Å².